The summed E-state index contributed by atoms with van der Waals surface area (Å²) < 4.78 is 8.31. The molecule has 1 aliphatic rings. The van der Waals surface area contributed by atoms with E-state index in [1.807, 2.05) is 30.9 Å². The van der Waals surface area contributed by atoms with Crippen molar-refractivity contribution in [1.82, 2.24) is 9.55 Å². The summed E-state index contributed by atoms with van der Waals surface area (Å²) in [6.45, 7) is 0.495. The number of halogens is 2. The molecular weight excluding hydrogens is 307 g/mol. The van der Waals surface area contributed by atoms with Crippen LogP contribution in [0.5, 0.6) is 0 Å². The molecule has 1 aromatic heterocycles. The van der Waals surface area contributed by atoms with Crippen LogP contribution < -0.4 is 0 Å². The van der Waals surface area contributed by atoms with Crippen molar-refractivity contribution in [2.75, 3.05) is 0 Å². The van der Waals surface area contributed by atoms with Crippen LogP contribution in [-0.2, 0) is 11.3 Å². The van der Waals surface area contributed by atoms with Gasteiger partial charge in [-0.05, 0) is 36.6 Å². The molecule has 21 heavy (non-hydrogen) atoms. The van der Waals surface area contributed by atoms with Crippen molar-refractivity contribution in [2.45, 2.75) is 44.4 Å². The molecule has 1 aromatic carbocycles. The van der Waals surface area contributed by atoms with Crippen molar-refractivity contribution >= 4 is 23.2 Å². The molecule has 0 amide bonds. The van der Waals surface area contributed by atoms with Gasteiger partial charge in [0.1, 0.15) is 0 Å². The summed E-state index contributed by atoms with van der Waals surface area (Å²) in [6.07, 6.45) is 10.5. The van der Waals surface area contributed by atoms with E-state index < -0.39 is 0 Å². The van der Waals surface area contributed by atoms with Crippen LogP contribution in [-0.4, -0.2) is 15.7 Å². The fourth-order valence-electron chi connectivity index (χ4n) is 2.93. The second-order valence-corrected chi connectivity index (χ2v) is 6.29. The van der Waals surface area contributed by atoms with E-state index in [0.29, 0.717) is 22.7 Å². The molecule has 0 aliphatic heterocycles. The molecule has 1 fully saturated rings. The predicted octanol–water partition coefficient (Wildman–Crippen LogP) is 4.89. The van der Waals surface area contributed by atoms with Crippen molar-refractivity contribution in [3.63, 3.8) is 0 Å². The first-order chi connectivity index (χ1) is 10.2. The SMILES string of the molecule is Clc1ccc(Cl)c(CO[C@H]2CCCC[C@H]2n2ccnc2)c1. The van der Waals surface area contributed by atoms with Crippen LogP contribution in [0.3, 0.4) is 0 Å². The van der Waals surface area contributed by atoms with E-state index in [0.717, 1.165) is 18.4 Å². The van der Waals surface area contributed by atoms with Crippen LogP contribution in [0.25, 0.3) is 0 Å². The maximum absolute atomic E-state index is 6.20. The first kappa shape index (κ1) is 14.9. The van der Waals surface area contributed by atoms with Gasteiger partial charge in [-0.25, -0.2) is 4.98 Å². The van der Waals surface area contributed by atoms with E-state index in [4.69, 9.17) is 27.9 Å². The molecule has 2 atom stereocenters. The van der Waals surface area contributed by atoms with E-state index in [1.165, 1.54) is 12.8 Å². The highest BCUT2D eigenvalue weighted by molar-refractivity contribution is 6.33. The van der Waals surface area contributed by atoms with Crippen LogP contribution in [0, 0.1) is 0 Å². The summed E-state index contributed by atoms with van der Waals surface area (Å²) in [5.74, 6) is 0. The van der Waals surface area contributed by atoms with Gasteiger partial charge in [0.25, 0.3) is 0 Å². The number of ether oxygens (including phenoxy) is 1. The highest BCUT2D eigenvalue weighted by Gasteiger charge is 2.27. The Morgan fingerprint density at radius 1 is 1.24 bits per heavy atom. The minimum atomic E-state index is 0.197. The molecular formula is C16H18Cl2N2O. The van der Waals surface area contributed by atoms with Gasteiger partial charge < -0.3 is 9.30 Å². The molecule has 0 N–H and O–H groups in total. The van der Waals surface area contributed by atoms with Gasteiger partial charge in [-0.2, -0.15) is 0 Å². The van der Waals surface area contributed by atoms with Crippen LogP contribution >= 0.6 is 23.2 Å². The lowest BCUT2D eigenvalue weighted by molar-refractivity contribution is -0.0162. The quantitative estimate of drug-likeness (QED) is 0.800. The molecule has 1 aliphatic carbocycles. The number of aromatic nitrogens is 2. The topological polar surface area (TPSA) is 27.1 Å². The van der Waals surface area contributed by atoms with Crippen molar-refractivity contribution in [1.29, 1.82) is 0 Å². The third-order valence-electron chi connectivity index (χ3n) is 4.04. The molecule has 112 valence electrons. The summed E-state index contributed by atoms with van der Waals surface area (Å²) >= 11 is 12.2. The van der Waals surface area contributed by atoms with Gasteiger partial charge in [0.2, 0.25) is 0 Å². The Morgan fingerprint density at radius 2 is 2.10 bits per heavy atom. The molecule has 0 radical (unpaired) electrons. The van der Waals surface area contributed by atoms with Gasteiger partial charge in [0.15, 0.2) is 0 Å². The number of benzene rings is 1. The molecule has 2 aromatic rings. The molecule has 0 spiro atoms. The number of hydrogen-bond donors (Lipinski definition) is 0. The van der Waals surface area contributed by atoms with Gasteiger partial charge in [0, 0.05) is 22.4 Å². The summed E-state index contributed by atoms with van der Waals surface area (Å²) in [4.78, 5) is 4.14. The summed E-state index contributed by atoms with van der Waals surface area (Å²) in [5, 5.41) is 1.39. The monoisotopic (exact) mass is 324 g/mol. The van der Waals surface area contributed by atoms with Crippen molar-refractivity contribution in [3.05, 3.63) is 52.5 Å². The molecule has 0 saturated heterocycles. The van der Waals surface area contributed by atoms with Crippen molar-refractivity contribution in [2.24, 2.45) is 0 Å². The lowest BCUT2D eigenvalue weighted by Gasteiger charge is -2.32. The first-order valence-corrected chi connectivity index (χ1v) is 8.02. The smallest absolute Gasteiger partial charge is 0.0949 e. The first-order valence-electron chi connectivity index (χ1n) is 7.27. The second-order valence-electron chi connectivity index (χ2n) is 5.45. The Labute approximate surface area is 134 Å². The largest absolute Gasteiger partial charge is 0.371 e. The number of nitrogens with zero attached hydrogens (tertiary/aromatic N) is 2. The van der Waals surface area contributed by atoms with E-state index in [9.17, 15) is 0 Å². The second kappa shape index (κ2) is 6.82. The van der Waals surface area contributed by atoms with E-state index in [1.54, 1.807) is 6.07 Å². The van der Waals surface area contributed by atoms with Gasteiger partial charge in [-0.15, -0.1) is 0 Å². The minimum absolute atomic E-state index is 0.197. The predicted molar refractivity (Wildman–Crippen MR) is 84.8 cm³/mol. The van der Waals surface area contributed by atoms with Crippen LogP contribution in [0.4, 0.5) is 0 Å². The molecule has 0 bridgehead atoms. The Kier molecular flexibility index (Phi) is 4.84. The van der Waals surface area contributed by atoms with E-state index >= 15 is 0 Å². The average Bonchev–Trinajstić information content (AvgIpc) is 3.03. The Hall–Kier alpha value is -1.03. The van der Waals surface area contributed by atoms with Crippen molar-refractivity contribution < 1.29 is 4.74 Å². The van der Waals surface area contributed by atoms with Crippen LogP contribution in [0.15, 0.2) is 36.9 Å². The fraction of sp³-hybridized carbons (Fsp3) is 0.438. The zero-order valence-electron chi connectivity index (χ0n) is 11.7. The molecule has 5 heteroatoms. The fourth-order valence-corrected chi connectivity index (χ4v) is 3.30. The Morgan fingerprint density at radius 3 is 2.90 bits per heavy atom. The highest BCUT2D eigenvalue weighted by Crippen LogP contribution is 2.32. The third kappa shape index (κ3) is 3.60. The molecule has 3 rings (SSSR count). The lowest BCUT2D eigenvalue weighted by Crippen LogP contribution is -2.29. The van der Waals surface area contributed by atoms with Gasteiger partial charge >= 0.3 is 0 Å². The maximum Gasteiger partial charge on any atom is 0.0949 e. The van der Waals surface area contributed by atoms with Gasteiger partial charge in [-0.3, -0.25) is 0 Å². The minimum Gasteiger partial charge on any atom is -0.371 e. The third-order valence-corrected chi connectivity index (χ3v) is 4.64. The van der Waals surface area contributed by atoms with Crippen LogP contribution in [0.2, 0.25) is 10.0 Å². The highest BCUT2D eigenvalue weighted by atomic mass is 35.5. The standard InChI is InChI=1S/C16H18Cl2N2O/c17-13-5-6-14(18)12(9-13)10-21-16-4-2-1-3-15(16)20-8-7-19-11-20/h5-9,11,15-16H,1-4,10H2/t15-,16+/m1/s1. The Balaban J connectivity index is 1.69. The molecule has 1 heterocycles. The number of hydrogen-bond acceptors (Lipinski definition) is 2. The summed E-state index contributed by atoms with van der Waals surface area (Å²) in [7, 11) is 0. The Bertz CT molecular complexity index is 586. The van der Waals surface area contributed by atoms with Crippen LogP contribution in [0.1, 0.15) is 37.3 Å². The summed E-state index contributed by atoms with van der Waals surface area (Å²) in [5.41, 5.74) is 0.944. The maximum atomic E-state index is 6.20. The zero-order chi connectivity index (χ0) is 14.7. The van der Waals surface area contributed by atoms with E-state index in [2.05, 4.69) is 9.55 Å². The normalized spacial score (nSPS) is 22.4. The number of rotatable bonds is 4. The summed E-state index contributed by atoms with van der Waals surface area (Å²) in [6, 6.07) is 5.84. The zero-order valence-corrected chi connectivity index (χ0v) is 13.2. The van der Waals surface area contributed by atoms with E-state index in [-0.39, 0.29) is 6.10 Å². The van der Waals surface area contributed by atoms with Gasteiger partial charge in [0.05, 0.1) is 25.1 Å². The van der Waals surface area contributed by atoms with Crippen molar-refractivity contribution in [3.8, 4) is 0 Å². The molecule has 1 saturated carbocycles. The average molecular weight is 325 g/mol. The number of imidazole rings is 1. The molecule has 0 unspecified atom stereocenters. The lowest BCUT2D eigenvalue weighted by atomic mass is 9.92. The van der Waals surface area contributed by atoms with Gasteiger partial charge in [-0.1, -0.05) is 36.0 Å². The molecule has 3 nitrogen and oxygen atoms in total.